The van der Waals surface area contributed by atoms with E-state index in [9.17, 15) is 9.90 Å². The van der Waals surface area contributed by atoms with Crippen molar-refractivity contribution in [1.82, 2.24) is 4.57 Å². The molecule has 4 aromatic rings. The number of aromatic nitrogens is 1. The normalized spacial score (nSPS) is 10.9. The molecule has 0 saturated heterocycles. The van der Waals surface area contributed by atoms with Crippen molar-refractivity contribution in [2.75, 3.05) is 0 Å². The van der Waals surface area contributed by atoms with Gasteiger partial charge in [-0.1, -0.05) is 60.7 Å². The average Bonchev–Trinajstić information content (AvgIpc) is 3.07. The molecule has 0 atom stereocenters. The Morgan fingerprint density at radius 2 is 1.44 bits per heavy atom. The number of carbonyl (C=O) groups is 1. The second-order valence-corrected chi connectivity index (χ2v) is 5.95. The van der Waals surface area contributed by atoms with Gasteiger partial charge in [0.15, 0.2) is 0 Å². The summed E-state index contributed by atoms with van der Waals surface area (Å²) in [5.41, 5.74) is 4.37. The number of para-hydroxylation sites is 1. The number of fused-ring (bicyclic) bond motifs is 1. The predicted molar refractivity (Wildman–Crippen MR) is 99.5 cm³/mol. The van der Waals surface area contributed by atoms with Crippen LogP contribution in [0.3, 0.4) is 0 Å². The standard InChI is InChI=1S/C22H17NO2/c24-15-19-14-23(21-9-5-4-8-20(19)21)22(25)18-12-10-17(11-13-18)16-6-2-1-3-7-16/h1-14,24H,15H2. The van der Waals surface area contributed by atoms with E-state index in [4.69, 9.17) is 0 Å². The zero-order valence-electron chi connectivity index (χ0n) is 13.6. The summed E-state index contributed by atoms with van der Waals surface area (Å²) in [7, 11) is 0. The minimum atomic E-state index is -0.101. The highest BCUT2D eigenvalue weighted by Crippen LogP contribution is 2.24. The van der Waals surface area contributed by atoms with E-state index in [1.807, 2.05) is 78.9 Å². The van der Waals surface area contributed by atoms with E-state index in [2.05, 4.69) is 0 Å². The molecule has 1 N–H and O–H groups in total. The first-order chi connectivity index (χ1) is 12.3. The molecule has 4 rings (SSSR count). The van der Waals surface area contributed by atoms with Crippen molar-refractivity contribution < 1.29 is 9.90 Å². The molecule has 0 fully saturated rings. The maximum Gasteiger partial charge on any atom is 0.262 e. The Bertz CT molecular complexity index is 1030. The number of hydrogen-bond donors (Lipinski definition) is 1. The van der Waals surface area contributed by atoms with E-state index in [0.29, 0.717) is 5.56 Å². The van der Waals surface area contributed by atoms with Crippen LogP contribution in [-0.2, 0) is 6.61 Å². The number of benzene rings is 3. The van der Waals surface area contributed by atoms with Gasteiger partial charge in [0.05, 0.1) is 12.1 Å². The minimum absolute atomic E-state index is 0.0895. The minimum Gasteiger partial charge on any atom is -0.392 e. The Labute approximate surface area is 145 Å². The summed E-state index contributed by atoms with van der Waals surface area (Å²) in [6, 6.07) is 25.3. The maximum absolute atomic E-state index is 12.9. The SMILES string of the molecule is O=C(c1ccc(-c2ccccc2)cc1)n1cc(CO)c2ccccc21. The first-order valence-corrected chi connectivity index (χ1v) is 8.18. The van der Waals surface area contributed by atoms with Crippen LogP contribution in [0.25, 0.3) is 22.0 Å². The molecule has 0 bridgehead atoms. The lowest BCUT2D eigenvalue weighted by molar-refractivity contribution is 0.0964. The maximum atomic E-state index is 12.9. The molecule has 0 unspecified atom stereocenters. The van der Waals surface area contributed by atoms with Gasteiger partial charge in [0, 0.05) is 22.7 Å². The molecule has 0 radical (unpaired) electrons. The lowest BCUT2D eigenvalue weighted by Crippen LogP contribution is -2.10. The third-order valence-electron chi connectivity index (χ3n) is 4.42. The van der Waals surface area contributed by atoms with Crippen LogP contribution in [0.1, 0.15) is 15.9 Å². The van der Waals surface area contributed by atoms with Crippen LogP contribution >= 0.6 is 0 Å². The van der Waals surface area contributed by atoms with E-state index in [0.717, 1.165) is 27.6 Å². The summed E-state index contributed by atoms with van der Waals surface area (Å²) < 4.78 is 1.61. The van der Waals surface area contributed by atoms with Crippen molar-refractivity contribution in [1.29, 1.82) is 0 Å². The highest BCUT2D eigenvalue weighted by atomic mass is 16.3. The van der Waals surface area contributed by atoms with Crippen LogP contribution < -0.4 is 0 Å². The first-order valence-electron chi connectivity index (χ1n) is 8.18. The number of rotatable bonds is 3. The third-order valence-corrected chi connectivity index (χ3v) is 4.42. The van der Waals surface area contributed by atoms with E-state index in [1.54, 1.807) is 10.8 Å². The number of nitrogens with zero attached hydrogens (tertiary/aromatic N) is 1. The van der Waals surface area contributed by atoms with Crippen molar-refractivity contribution in [3.05, 3.63) is 96.2 Å². The molecule has 0 aliphatic heterocycles. The molecule has 3 nitrogen and oxygen atoms in total. The fourth-order valence-corrected chi connectivity index (χ4v) is 3.12. The Kier molecular flexibility index (Phi) is 3.92. The quantitative estimate of drug-likeness (QED) is 0.602. The molecule has 3 heteroatoms. The zero-order chi connectivity index (χ0) is 17.2. The third kappa shape index (κ3) is 2.75. The van der Waals surface area contributed by atoms with Crippen molar-refractivity contribution in [3.8, 4) is 11.1 Å². The molecule has 1 heterocycles. The van der Waals surface area contributed by atoms with Gasteiger partial charge in [0.1, 0.15) is 0 Å². The largest absolute Gasteiger partial charge is 0.392 e. The van der Waals surface area contributed by atoms with Gasteiger partial charge in [-0.25, -0.2) is 0 Å². The summed E-state index contributed by atoms with van der Waals surface area (Å²) in [5.74, 6) is -0.101. The van der Waals surface area contributed by atoms with Gasteiger partial charge < -0.3 is 5.11 Å². The fourth-order valence-electron chi connectivity index (χ4n) is 3.12. The Balaban J connectivity index is 1.72. The van der Waals surface area contributed by atoms with Crippen LogP contribution in [0.4, 0.5) is 0 Å². The summed E-state index contributed by atoms with van der Waals surface area (Å²) in [5, 5.41) is 10.4. The molecule has 0 saturated carbocycles. The van der Waals surface area contributed by atoms with Gasteiger partial charge in [-0.15, -0.1) is 0 Å². The molecule has 0 aliphatic carbocycles. The smallest absolute Gasteiger partial charge is 0.262 e. The van der Waals surface area contributed by atoms with Crippen molar-refractivity contribution in [2.24, 2.45) is 0 Å². The van der Waals surface area contributed by atoms with Crippen LogP contribution in [-0.4, -0.2) is 15.6 Å². The Morgan fingerprint density at radius 1 is 0.800 bits per heavy atom. The molecule has 1 aromatic heterocycles. The van der Waals surface area contributed by atoms with Gasteiger partial charge in [-0.05, 0) is 29.3 Å². The second kappa shape index (κ2) is 6.38. The molecule has 25 heavy (non-hydrogen) atoms. The summed E-state index contributed by atoms with van der Waals surface area (Å²) in [6.45, 7) is -0.0895. The molecule has 0 aliphatic rings. The molecule has 0 spiro atoms. The van der Waals surface area contributed by atoms with Gasteiger partial charge in [0.2, 0.25) is 0 Å². The van der Waals surface area contributed by atoms with Gasteiger partial charge in [-0.3, -0.25) is 9.36 Å². The van der Waals surface area contributed by atoms with Crippen LogP contribution in [0.2, 0.25) is 0 Å². The van der Waals surface area contributed by atoms with Crippen LogP contribution in [0.15, 0.2) is 85.1 Å². The summed E-state index contributed by atoms with van der Waals surface area (Å²) in [6.07, 6.45) is 1.72. The number of aliphatic hydroxyl groups is 1. The summed E-state index contributed by atoms with van der Waals surface area (Å²) >= 11 is 0. The second-order valence-electron chi connectivity index (χ2n) is 5.95. The number of hydrogen-bond acceptors (Lipinski definition) is 2. The number of carbonyl (C=O) groups excluding carboxylic acids is 1. The van der Waals surface area contributed by atoms with E-state index < -0.39 is 0 Å². The lowest BCUT2D eigenvalue weighted by atomic mass is 10.0. The molecule has 122 valence electrons. The topological polar surface area (TPSA) is 42.2 Å². The van der Waals surface area contributed by atoms with Crippen LogP contribution in [0, 0.1) is 0 Å². The van der Waals surface area contributed by atoms with E-state index >= 15 is 0 Å². The highest BCUT2D eigenvalue weighted by Gasteiger charge is 2.14. The van der Waals surface area contributed by atoms with E-state index in [1.165, 1.54) is 0 Å². The highest BCUT2D eigenvalue weighted by molar-refractivity contribution is 6.03. The van der Waals surface area contributed by atoms with Crippen LogP contribution in [0.5, 0.6) is 0 Å². The monoisotopic (exact) mass is 327 g/mol. The molecular formula is C22H17NO2. The number of aliphatic hydroxyl groups excluding tert-OH is 1. The molecular weight excluding hydrogens is 310 g/mol. The lowest BCUT2D eigenvalue weighted by Gasteiger charge is -2.06. The van der Waals surface area contributed by atoms with Crippen molar-refractivity contribution in [3.63, 3.8) is 0 Å². The first kappa shape index (κ1) is 15.4. The predicted octanol–water partition coefficient (Wildman–Crippen LogP) is 4.49. The summed E-state index contributed by atoms with van der Waals surface area (Å²) in [4.78, 5) is 12.9. The van der Waals surface area contributed by atoms with Crippen molar-refractivity contribution in [2.45, 2.75) is 6.61 Å². The van der Waals surface area contributed by atoms with E-state index in [-0.39, 0.29) is 12.5 Å². The van der Waals surface area contributed by atoms with Gasteiger partial charge in [-0.2, -0.15) is 0 Å². The molecule has 0 amide bonds. The van der Waals surface area contributed by atoms with Gasteiger partial charge in [0.25, 0.3) is 5.91 Å². The molecule has 3 aromatic carbocycles. The average molecular weight is 327 g/mol. The van der Waals surface area contributed by atoms with Crippen molar-refractivity contribution >= 4 is 16.8 Å². The van der Waals surface area contributed by atoms with Gasteiger partial charge >= 0.3 is 0 Å². The Hall–Kier alpha value is -3.17. The Morgan fingerprint density at radius 3 is 2.16 bits per heavy atom. The fraction of sp³-hybridized carbons (Fsp3) is 0.0455. The zero-order valence-corrected chi connectivity index (χ0v) is 13.6.